The number of ketones is 1. The summed E-state index contributed by atoms with van der Waals surface area (Å²) >= 11 is 9.09. The smallest absolute Gasteiger partial charge is 0.301 e. The number of anilines is 1. The fraction of sp³-hybridized carbons (Fsp3) is 0.121. The largest absolute Gasteiger partial charge is 0.505 e. The van der Waals surface area contributed by atoms with Crippen LogP contribution in [0, 0.1) is 13.8 Å². The average Bonchev–Trinajstić information content (AvgIpc) is 3.71. The molecule has 0 bridgehead atoms. The Balaban J connectivity index is 1.29. The number of halogens is 1. The van der Waals surface area contributed by atoms with Crippen LogP contribution in [0.4, 0.5) is 5.13 Å². The van der Waals surface area contributed by atoms with Gasteiger partial charge in [0.15, 0.2) is 10.1 Å². The van der Waals surface area contributed by atoms with Crippen LogP contribution in [0.15, 0.2) is 95.0 Å². The minimum absolute atomic E-state index is 0.0819. The van der Waals surface area contributed by atoms with Gasteiger partial charge in [-0.25, -0.2) is 4.98 Å². The zero-order valence-electron chi connectivity index (χ0n) is 23.6. The second kappa shape index (κ2) is 11.2. The maximum Gasteiger partial charge on any atom is 0.301 e. The van der Waals surface area contributed by atoms with E-state index in [1.807, 2.05) is 54.8 Å². The number of hydrogen-bond acceptors (Lipinski definition) is 8. The molecule has 3 aromatic heterocycles. The molecule has 1 N–H and O–H groups in total. The number of aryl methyl sites for hydroxylation is 2. The van der Waals surface area contributed by atoms with E-state index in [2.05, 4.69) is 39.4 Å². The van der Waals surface area contributed by atoms with Crippen molar-refractivity contribution >= 4 is 73.7 Å². The highest BCUT2D eigenvalue weighted by Crippen LogP contribution is 2.45. The van der Waals surface area contributed by atoms with Crippen molar-refractivity contribution in [2.75, 3.05) is 4.90 Å². The summed E-state index contributed by atoms with van der Waals surface area (Å²) in [6.45, 7) is 3.73. The number of aromatic nitrogens is 4. The molecule has 1 unspecified atom stereocenters. The SMILES string of the molecule is Cc1cccn2c(C)c(/C(O)=C3\C(=O)C(=O)N(c4nnc(SCc5cccc6ccccc56)s4)C3c3cccc(Cl)c3)nc12. The number of amides is 1. The summed E-state index contributed by atoms with van der Waals surface area (Å²) < 4.78 is 2.49. The number of rotatable bonds is 6. The molecule has 218 valence electrons. The minimum atomic E-state index is -0.983. The highest BCUT2D eigenvalue weighted by molar-refractivity contribution is 8.00. The first kappa shape index (κ1) is 28.3. The van der Waals surface area contributed by atoms with Crippen LogP contribution in [0.5, 0.6) is 0 Å². The van der Waals surface area contributed by atoms with E-state index in [1.54, 1.807) is 24.3 Å². The van der Waals surface area contributed by atoms with Gasteiger partial charge >= 0.3 is 5.91 Å². The molecule has 3 aromatic carbocycles. The molecule has 0 spiro atoms. The zero-order valence-corrected chi connectivity index (χ0v) is 26.0. The average molecular weight is 638 g/mol. The Bertz CT molecular complexity index is 2150. The molecule has 11 heteroatoms. The van der Waals surface area contributed by atoms with Gasteiger partial charge in [0.05, 0.1) is 17.3 Å². The van der Waals surface area contributed by atoms with Gasteiger partial charge in [-0.05, 0) is 59.5 Å². The monoisotopic (exact) mass is 637 g/mol. The normalized spacial score (nSPS) is 16.4. The molecule has 1 saturated heterocycles. The quantitative estimate of drug-likeness (QED) is 0.0662. The Morgan fingerprint density at radius 3 is 2.61 bits per heavy atom. The number of nitrogens with zero attached hydrogens (tertiary/aromatic N) is 5. The van der Waals surface area contributed by atoms with Gasteiger partial charge in [-0.15, -0.1) is 10.2 Å². The molecule has 1 atom stereocenters. The molecular formula is C33H24ClN5O3S2. The molecule has 7 rings (SSSR count). The van der Waals surface area contributed by atoms with Crippen molar-refractivity contribution in [2.45, 2.75) is 30.0 Å². The van der Waals surface area contributed by atoms with E-state index in [4.69, 9.17) is 11.6 Å². The van der Waals surface area contributed by atoms with Crippen molar-refractivity contribution in [3.8, 4) is 0 Å². The van der Waals surface area contributed by atoms with Crippen LogP contribution in [0.2, 0.25) is 5.02 Å². The molecule has 4 heterocycles. The zero-order chi connectivity index (χ0) is 30.5. The van der Waals surface area contributed by atoms with Crippen LogP contribution in [0.1, 0.15) is 34.1 Å². The Morgan fingerprint density at radius 1 is 1.00 bits per heavy atom. The minimum Gasteiger partial charge on any atom is -0.505 e. The summed E-state index contributed by atoms with van der Waals surface area (Å²) in [7, 11) is 0. The number of aliphatic hydroxyl groups excluding tert-OH is 1. The van der Waals surface area contributed by atoms with Crippen LogP contribution in [-0.2, 0) is 15.3 Å². The van der Waals surface area contributed by atoms with Gasteiger partial charge in [0, 0.05) is 17.0 Å². The lowest BCUT2D eigenvalue weighted by molar-refractivity contribution is -0.132. The summed E-state index contributed by atoms with van der Waals surface area (Å²) in [5, 5.41) is 23.4. The highest BCUT2D eigenvalue weighted by atomic mass is 35.5. The maximum absolute atomic E-state index is 13.7. The number of thioether (sulfide) groups is 1. The number of fused-ring (bicyclic) bond motifs is 2. The molecule has 6 aromatic rings. The van der Waals surface area contributed by atoms with E-state index in [0.717, 1.165) is 21.9 Å². The third kappa shape index (κ3) is 4.75. The van der Waals surface area contributed by atoms with Crippen molar-refractivity contribution in [3.05, 3.63) is 124 Å². The highest BCUT2D eigenvalue weighted by Gasteiger charge is 2.49. The van der Waals surface area contributed by atoms with Crippen molar-refractivity contribution in [2.24, 2.45) is 0 Å². The fourth-order valence-electron chi connectivity index (χ4n) is 5.61. The molecule has 1 aliphatic heterocycles. The second-order valence-electron chi connectivity index (χ2n) is 10.4. The molecule has 8 nitrogen and oxygen atoms in total. The molecule has 1 amide bonds. The van der Waals surface area contributed by atoms with Gasteiger partial charge in [-0.3, -0.25) is 14.5 Å². The van der Waals surface area contributed by atoms with E-state index in [9.17, 15) is 14.7 Å². The number of aliphatic hydroxyl groups is 1. The number of carbonyl (C=O) groups is 2. The number of hydrogen-bond donors (Lipinski definition) is 1. The van der Waals surface area contributed by atoms with E-state index in [-0.39, 0.29) is 22.2 Å². The third-order valence-corrected chi connectivity index (χ3v) is 10.1. The van der Waals surface area contributed by atoms with Crippen molar-refractivity contribution in [3.63, 3.8) is 0 Å². The Hall–Kier alpha value is -4.51. The summed E-state index contributed by atoms with van der Waals surface area (Å²) in [4.78, 5) is 33.3. The second-order valence-corrected chi connectivity index (χ2v) is 13.0. The third-order valence-electron chi connectivity index (χ3n) is 7.75. The van der Waals surface area contributed by atoms with Crippen molar-refractivity contribution in [1.82, 2.24) is 19.6 Å². The molecular weight excluding hydrogens is 614 g/mol. The van der Waals surface area contributed by atoms with Gasteiger partial charge in [-0.1, -0.05) is 95.4 Å². The summed E-state index contributed by atoms with van der Waals surface area (Å²) in [6.07, 6.45) is 1.84. The van der Waals surface area contributed by atoms with Crippen LogP contribution >= 0.6 is 34.7 Å². The van der Waals surface area contributed by atoms with Gasteiger partial charge in [0.1, 0.15) is 11.3 Å². The van der Waals surface area contributed by atoms with Crippen LogP contribution in [0.3, 0.4) is 0 Å². The van der Waals surface area contributed by atoms with E-state index >= 15 is 0 Å². The first-order valence-corrected chi connectivity index (χ1v) is 15.9. The molecule has 1 aliphatic rings. The first-order valence-electron chi connectivity index (χ1n) is 13.8. The Labute approximate surface area is 265 Å². The molecule has 0 radical (unpaired) electrons. The number of imidazole rings is 1. The van der Waals surface area contributed by atoms with Gasteiger partial charge in [0.2, 0.25) is 5.13 Å². The number of benzene rings is 3. The predicted molar refractivity (Wildman–Crippen MR) is 174 cm³/mol. The lowest BCUT2D eigenvalue weighted by atomic mass is 9.96. The summed E-state index contributed by atoms with van der Waals surface area (Å²) in [6, 6.07) is 24.1. The van der Waals surface area contributed by atoms with Crippen LogP contribution in [-0.4, -0.2) is 36.4 Å². The molecule has 44 heavy (non-hydrogen) atoms. The summed E-state index contributed by atoms with van der Waals surface area (Å²) in [5.74, 6) is -1.35. The number of Topliss-reactive ketones (excluding diaryl/α,β-unsaturated/α-hetero) is 1. The van der Waals surface area contributed by atoms with Crippen LogP contribution < -0.4 is 4.90 Å². The topological polar surface area (TPSA) is 101 Å². The summed E-state index contributed by atoms with van der Waals surface area (Å²) in [5.41, 5.74) is 4.05. The number of carbonyl (C=O) groups excluding carboxylic acids is 2. The lowest BCUT2D eigenvalue weighted by Gasteiger charge is -2.22. The fourth-order valence-corrected chi connectivity index (χ4v) is 7.68. The van der Waals surface area contributed by atoms with E-state index in [0.29, 0.717) is 32.0 Å². The van der Waals surface area contributed by atoms with Crippen molar-refractivity contribution < 1.29 is 14.7 Å². The van der Waals surface area contributed by atoms with E-state index < -0.39 is 17.7 Å². The molecule has 1 fully saturated rings. The van der Waals surface area contributed by atoms with Gasteiger partial charge in [-0.2, -0.15) is 0 Å². The van der Waals surface area contributed by atoms with Crippen LogP contribution in [0.25, 0.3) is 22.2 Å². The standard InChI is InChI=1S/C33H24ClN5O3S2/c1-18-8-7-15-38-19(2)26(35-30(18)38)28(40)25-27(21-11-6-13-23(34)16-21)39(31(42)29(25)41)32-36-37-33(44-32)43-17-22-12-5-10-20-9-3-4-14-24(20)22/h3-16,27,40H,17H2,1-2H3/b28-25+. The van der Waals surface area contributed by atoms with Gasteiger partial charge in [0.25, 0.3) is 5.78 Å². The number of pyridine rings is 1. The Morgan fingerprint density at radius 2 is 1.80 bits per heavy atom. The molecule has 0 saturated carbocycles. The van der Waals surface area contributed by atoms with E-state index in [1.165, 1.54) is 28.0 Å². The van der Waals surface area contributed by atoms with Gasteiger partial charge < -0.3 is 9.51 Å². The Kier molecular flexibility index (Phi) is 7.20. The predicted octanol–water partition coefficient (Wildman–Crippen LogP) is 7.53. The lowest BCUT2D eigenvalue weighted by Crippen LogP contribution is -2.29. The maximum atomic E-state index is 13.7. The molecule has 0 aliphatic carbocycles. The van der Waals surface area contributed by atoms with Crippen molar-refractivity contribution in [1.29, 1.82) is 0 Å². The first-order chi connectivity index (χ1) is 21.3.